The summed E-state index contributed by atoms with van der Waals surface area (Å²) in [4.78, 5) is 1.32. The number of benzene rings is 1. The molecule has 0 spiro atoms. The third-order valence-electron chi connectivity index (χ3n) is 2.38. The number of hydrogen-bond donors (Lipinski definition) is 2. The number of rotatable bonds is 4. The molecule has 15 heavy (non-hydrogen) atoms. The molecular formula is C12H15NOS. The third kappa shape index (κ3) is 2.56. The van der Waals surface area contributed by atoms with Crippen LogP contribution < -0.4 is 5.32 Å². The van der Waals surface area contributed by atoms with E-state index in [9.17, 15) is 0 Å². The fourth-order valence-electron chi connectivity index (χ4n) is 1.46. The van der Waals surface area contributed by atoms with Crippen LogP contribution in [0.5, 0.6) is 0 Å². The quantitative estimate of drug-likeness (QED) is 0.830. The summed E-state index contributed by atoms with van der Waals surface area (Å²) in [5.74, 6) is 0. The fourth-order valence-corrected chi connectivity index (χ4v) is 2.48. The molecule has 0 aliphatic rings. The van der Waals surface area contributed by atoms with Crippen LogP contribution in [0.15, 0.2) is 30.3 Å². The largest absolute Gasteiger partial charge is 0.395 e. The maximum Gasteiger partial charge on any atom is 0.0582 e. The molecule has 2 rings (SSSR count). The Bertz CT molecular complexity index is 405. The summed E-state index contributed by atoms with van der Waals surface area (Å²) < 4.78 is 1.32. The number of hydrogen-bond acceptors (Lipinski definition) is 3. The highest BCUT2D eigenvalue weighted by molar-refractivity contribution is 7.19. The predicted molar refractivity (Wildman–Crippen MR) is 65.2 cm³/mol. The zero-order valence-corrected chi connectivity index (χ0v) is 9.55. The second kappa shape index (κ2) is 4.75. The van der Waals surface area contributed by atoms with Crippen LogP contribution in [0.3, 0.4) is 0 Å². The summed E-state index contributed by atoms with van der Waals surface area (Å²) in [5.41, 5.74) is 0. The van der Waals surface area contributed by atoms with Gasteiger partial charge in [-0.3, -0.25) is 0 Å². The molecule has 1 aromatic carbocycles. The Balaban J connectivity index is 2.09. The Morgan fingerprint density at radius 1 is 1.40 bits per heavy atom. The second-order valence-corrected chi connectivity index (χ2v) is 4.88. The lowest BCUT2D eigenvalue weighted by Gasteiger charge is -2.08. The van der Waals surface area contributed by atoms with Gasteiger partial charge in [0.25, 0.3) is 0 Å². The summed E-state index contributed by atoms with van der Waals surface area (Å²) in [7, 11) is 0. The van der Waals surface area contributed by atoms with E-state index < -0.39 is 0 Å². The molecule has 0 unspecified atom stereocenters. The lowest BCUT2D eigenvalue weighted by molar-refractivity contribution is 0.251. The van der Waals surface area contributed by atoms with Crippen LogP contribution in [0.1, 0.15) is 11.8 Å². The van der Waals surface area contributed by atoms with Gasteiger partial charge in [0, 0.05) is 22.2 Å². The van der Waals surface area contributed by atoms with Crippen LogP contribution in [-0.4, -0.2) is 17.8 Å². The van der Waals surface area contributed by atoms with Crippen LogP contribution >= 0.6 is 11.3 Å². The van der Waals surface area contributed by atoms with Crippen molar-refractivity contribution in [3.63, 3.8) is 0 Å². The van der Waals surface area contributed by atoms with Gasteiger partial charge >= 0.3 is 0 Å². The van der Waals surface area contributed by atoms with Gasteiger partial charge in [-0.05, 0) is 24.4 Å². The predicted octanol–water partition coefficient (Wildman–Crippen LogP) is 2.37. The molecule has 2 N–H and O–H groups in total. The standard InChI is InChI=1S/C12H15NOS/c1-9(8-14)13-7-11-6-10-4-2-3-5-12(10)15-11/h2-6,9,13-14H,7-8H2,1H3/t9-/m1/s1. The van der Waals surface area contributed by atoms with E-state index in [4.69, 9.17) is 5.11 Å². The smallest absolute Gasteiger partial charge is 0.0582 e. The van der Waals surface area contributed by atoms with Gasteiger partial charge in [-0.15, -0.1) is 11.3 Å². The first kappa shape index (κ1) is 10.6. The summed E-state index contributed by atoms with van der Waals surface area (Å²) in [5, 5.41) is 13.5. The van der Waals surface area contributed by atoms with Crippen LogP contribution in [0.25, 0.3) is 10.1 Å². The van der Waals surface area contributed by atoms with Crippen LogP contribution in [0.2, 0.25) is 0 Å². The summed E-state index contributed by atoms with van der Waals surface area (Å²) in [6, 6.07) is 10.8. The molecule has 0 fully saturated rings. The molecule has 0 aliphatic carbocycles. The van der Waals surface area contributed by atoms with Gasteiger partial charge in [-0.2, -0.15) is 0 Å². The van der Waals surface area contributed by atoms with Crippen molar-refractivity contribution in [2.45, 2.75) is 19.5 Å². The first-order valence-electron chi connectivity index (χ1n) is 5.11. The molecular weight excluding hydrogens is 206 g/mol. The zero-order valence-electron chi connectivity index (χ0n) is 8.73. The molecule has 0 amide bonds. The van der Waals surface area contributed by atoms with Gasteiger partial charge in [0.15, 0.2) is 0 Å². The lowest BCUT2D eigenvalue weighted by atomic mass is 10.2. The first-order chi connectivity index (χ1) is 7.29. The van der Waals surface area contributed by atoms with Crippen molar-refractivity contribution in [3.05, 3.63) is 35.2 Å². The Kier molecular flexibility index (Phi) is 3.36. The van der Waals surface area contributed by atoms with Crippen LogP contribution in [0, 0.1) is 0 Å². The SMILES string of the molecule is C[C@H](CO)NCc1cc2ccccc2s1. The summed E-state index contributed by atoms with van der Waals surface area (Å²) >= 11 is 1.81. The van der Waals surface area contributed by atoms with Gasteiger partial charge in [0.05, 0.1) is 6.61 Å². The minimum Gasteiger partial charge on any atom is -0.395 e. The van der Waals surface area contributed by atoms with Gasteiger partial charge in [0.1, 0.15) is 0 Å². The second-order valence-electron chi connectivity index (χ2n) is 3.72. The van der Waals surface area contributed by atoms with E-state index >= 15 is 0 Å². The van der Waals surface area contributed by atoms with Crippen molar-refractivity contribution in [1.82, 2.24) is 5.32 Å². The van der Waals surface area contributed by atoms with E-state index in [1.807, 2.05) is 6.92 Å². The molecule has 0 radical (unpaired) electrons. The fraction of sp³-hybridized carbons (Fsp3) is 0.333. The molecule has 2 aromatic rings. The monoisotopic (exact) mass is 221 g/mol. The maximum atomic E-state index is 8.89. The summed E-state index contributed by atoms with van der Waals surface area (Å²) in [6.45, 7) is 3.00. The van der Waals surface area contributed by atoms with Gasteiger partial charge in [0.2, 0.25) is 0 Å². The molecule has 0 bridgehead atoms. The molecule has 3 heteroatoms. The molecule has 80 valence electrons. The van der Waals surface area contributed by atoms with Crippen molar-refractivity contribution >= 4 is 21.4 Å². The number of aliphatic hydroxyl groups is 1. The topological polar surface area (TPSA) is 32.3 Å². The Morgan fingerprint density at radius 3 is 2.93 bits per heavy atom. The maximum absolute atomic E-state index is 8.89. The molecule has 0 aliphatic heterocycles. The zero-order chi connectivity index (χ0) is 10.7. The highest BCUT2D eigenvalue weighted by Crippen LogP contribution is 2.24. The van der Waals surface area contributed by atoms with E-state index in [2.05, 4.69) is 35.6 Å². The molecule has 2 nitrogen and oxygen atoms in total. The van der Waals surface area contributed by atoms with E-state index in [1.165, 1.54) is 15.0 Å². The van der Waals surface area contributed by atoms with Crippen molar-refractivity contribution in [3.8, 4) is 0 Å². The Morgan fingerprint density at radius 2 is 2.20 bits per heavy atom. The van der Waals surface area contributed by atoms with Crippen molar-refractivity contribution in [1.29, 1.82) is 0 Å². The van der Waals surface area contributed by atoms with Gasteiger partial charge in [-0.25, -0.2) is 0 Å². The molecule has 1 atom stereocenters. The van der Waals surface area contributed by atoms with Crippen molar-refractivity contribution in [2.24, 2.45) is 0 Å². The molecule has 1 aromatic heterocycles. The number of nitrogens with one attached hydrogen (secondary N) is 1. The van der Waals surface area contributed by atoms with Gasteiger partial charge < -0.3 is 10.4 Å². The van der Waals surface area contributed by atoms with Crippen LogP contribution in [0.4, 0.5) is 0 Å². The van der Waals surface area contributed by atoms with E-state index in [-0.39, 0.29) is 12.6 Å². The average molecular weight is 221 g/mol. The molecule has 0 saturated carbocycles. The number of thiophene rings is 1. The van der Waals surface area contributed by atoms with E-state index in [0.717, 1.165) is 6.54 Å². The lowest BCUT2D eigenvalue weighted by Crippen LogP contribution is -2.28. The third-order valence-corrected chi connectivity index (χ3v) is 3.49. The van der Waals surface area contributed by atoms with Gasteiger partial charge in [-0.1, -0.05) is 18.2 Å². The first-order valence-corrected chi connectivity index (χ1v) is 5.93. The van der Waals surface area contributed by atoms with E-state index in [1.54, 1.807) is 11.3 Å². The minimum absolute atomic E-state index is 0.162. The molecule has 1 heterocycles. The Hall–Kier alpha value is -0.900. The Labute approximate surface area is 93.6 Å². The number of fused-ring (bicyclic) bond motifs is 1. The number of aliphatic hydroxyl groups excluding tert-OH is 1. The normalized spacial score (nSPS) is 13.2. The average Bonchev–Trinajstić information content (AvgIpc) is 2.68. The van der Waals surface area contributed by atoms with Crippen molar-refractivity contribution < 1.29 is 5.11 Å². The minimum atomic E-state index is 0.162. The molecule has 0 saturated heterocycles. The summed E-state index contributed by atoms with van der Waals surface area (Å²) in [6.07, 6.45) is 0. The highest BCUT2D eigenvalue weighted by atomic mass is 32.1. The van der Waals surface area contributed by atoms with E-state index in [0.29, 0.717) is 0 Å². The van der Waals surface area contributed by atoms with Crippen molar-refractivity contribution in [2.75, 3.05) is 6.61 Å². The van der Waals surface area contributed by atoms with Crippen LogP contribution in [-0.2, 0) is 6.54 Å². The highest BCUT2D eigenvalue weighted by Gasteiger charge is 2.02.